The van der Waals surface area contributed by atoms with Crippen LogP contribution in [0, 0.1) is 5.92 Å². The van der Waals surface area contributed by atoms with Gasteiger partial charge in [-0.3, -0.25) is 9.59 Å². The van der Waals surface area contributed by atoms with E-state index in [2.05, 4.69) is 6.92 Å². The first-order valence-electron chi connectivity index (χ1n) is 9.08. The van der Waals surface area contributed by atoms with Gasteiger partial charge < -0.3 is 19.3 Å². The zero-order valence-corrected chi connectivity index (χ0v) is 14.8. The number of aliphatic hydroxyl groups is 1. The SMILES string of the molecule is C[C@@H](O)[C@H]1CC(=O)OCCO[C@]2(C)CCCC[C@@H]2CCCC(=O)O1. The summed E-state index contributed by atoms with van der Waals surface area (Å²) in [5.74, 6) is -0.450. The molecule has 138 valence electrons. The molecule has 0 aromatic carbocycles. The second-order valence-corrected chi connectivity index (χ2v) is 7.19. The van der Waals surface area contributed by atoms with Crippen LogP contribution >= 0.6 is 0 Å². The largest absolute Gasteiger partial charge is 0.463 e. The van der Waals surface area contributed by atoms with Gasteiger partial charge in [-0.15, -0.1) is 0 Å². The molecule has 1 saturated heterocycles. The molecule has 0 radical (unpaired) electrons. The normalized spacial score (nSPS) is 35.1. The number of carbonyl (C=O) groups is 2. The Morgan fingerprint density at radius 1 is 1.12 bits per heavy atom. The molecule has 2 fully saturated rings. The van der Waals surface area contributed by atoms with Crippen molar-refractivity contribution in [3.05, 3.63) is 0 Å². The number of rotatable bonds is 1. The van der Waals surface area contributed by atoms with Gasteiger partial charge in [-0.1, -0.05) is 12.8 Å². The van der Waals surface area contributed by atoms with Crippen LogP contribution in [0.3, 0.4) is 0 Å². The number of aliphatic hydroxyl groups excluding tert-OH is 1. The van der Waals surface area contributed by atoms with Crippen LogP contribution in [0.1, 0.15) is 65.2 Å². The fraction of sp³-hybridized carbons (Fsp3) is 0.889. The quantitative estimate of drug-likeness (QED) is 0.737. The van der Waals surface area contributed by atoms with Gasteiger partial charge in [0, 0.05) is 6.42 Å². The van der Waals surface area contributed by atoms with Crippen LogP contribution in [0.4, 0.5) is 0 Å². The Balaban J connectivity index is 2.02. The maximum Gasteiger partial charge on any atom is 0.309 e. The lowest BCUT2D eigenvalue weighted by atomic mass is 9.74. The molecular weight excluding hydrogens is 312 g/mol. The van der Waals surface area contributed by atoms with E-state index in [1.807, 2.05) is 0 Å². The average molecular weight is 342 g/mol. The van der Waals surface area contributed by atoms with Gasteiger partial charge in [0.1, 0.15) is 12.7 Å². The van der Waals surface area contributed by atoms with Crippen molar-refractivity contribution >= 4 is 11.9 Å². The van der Waals surface area contributed by atoms with E-state index in [0.717, 1.165) is 32.1 Å². The van der Waals surface area contributed by atoms with Crippen molar-refractivity contribution in [2.45, 2.75) is 83.0 Å². The third-order valence-electron chi connectivity index (χ3n) is 5.24. The van der Waals surface area contributed by atoms with Crippen LogP contribution in [0.15, 0.2) is 0 Å². The summed E-state index contributed by atoms with van der Waals surface area (Å²) in [5, 5.41) is 9.70. The third kappa shape index (κ3) is 5.45. The Hall–Kier alpha value is -1.14. The number of esters is 2. The van der Waals surface area contributed by atoms with E-state index in [0.29, 0.717) is 18.9 Å². The summed E-state index contributed by atoms with van der Waals surface area (Å²) in [6.45, 7) is 4.19. The fourth-order valence-corrected chi connectivity index (χ4v) is 3.70. The molecule has 0 spiro atoms. The maximum atomic E-state index is 12.0. The molecule has 6 nitrogen and oxygen atoms in total. The van der Waals surface area contributed by atoms with Crippen molar-refractivity contribution in [2.75, 3.05) is 13.2 Å². The summed E-state index contributed by atoms with van der Waals surface area (Å²) >= 11 is 0. The monoisotopic (exact) mass is 342 g/mol. The second kappa shape index (κ2) is 8.81. The minimum atomic E-state index is -0.910. The molecule has 0 aromatic rings. The molecule has 1 heterocycles. The minimum absolute atomic E-state index is 0.136. The van der Waals surface area contributed by atoms with E-state index >= 15 is 0 Å². The topological polar surface area (TPSA) is 82.1 Å². The van der Waals surface area contributed by atoms with E-state index in [1.165, 1.54) is 13.3 Å². The van der Waals surface area contributed by atoms with Crippen LogP contribution in [-0.2, 0) is 23.8 Å². The molecule has 0 bridgehead atoms. The van der Waals surface area contributed by atoms with Gasteiger partial charge in [-0.25, -0.2) is 0 Å². The lowest BCUT2D eigenvalue weighted by Crippen LogP contribution is -2.41. The predicted molar refractivity (Wildman–Crippen MR) is 87.3 cm³/mol. The first kappa shape index (κ1) is 19.2. The Morgan fingerprint density at radius 2 is 1.88 bits per heavy atom. The van der Waals surface area contributed by atoms with Gasteiger partial charge in [0.15, 0.2) is 0 Å². The van der Waals surface area contributed by atoms with E-state index < -0.39 is 18.2 Å². The number of ether oxygens (including phenoxy) is 3. The third-order valence-corrected chi connectivity index (χ3v) is 5.24. The standard InChI is InChI=1S/C18H30O6/c1-13(19)15-12-17(21)22-10-11-23-18(2)9-4-3-6-14(18)7-5-8-16(20)24-15/h13-15,19H,3-12H2,1-2H3/t13-,14-,15-,18-/m1/s1. The number of carbonyl (C=O) groups excluding carboxylic acids is 2. The van der Waals surface area contributed by atoms with Crippen molar-refractivity contribution < 1.29 is 28.9 Å². The summed E-state index contributed by atoms with van der Waals surface area (Å²) in [6.07, 6.45) is 4.49. The van der Waals surface area contributed by atoms with Gasteiger partial charge in [0.05, 0.1) is 24.7 Å². The van der Waals surface area contributed by atoms with E-state index in [9.17, 15) is 14.7 Å². The highest BCUT2D eigenvalue weighted by Gasteiger charge is 2.37. The summed E-state index contributed by atoms with van der Waals surface area (Å²) < 4.78 is 16.5. The Bertz CT molecular complexity index is 435. The van der Waals surface area contributed by atoms with Gasteiger partial charge >= 0.3 is 11.9 Å². The second-order valence-electron chi connectivity index (χ2n) is 7.19. The van der Waals surface area contributed by atoms with Gasteiger partial charge in [0.25, 0.3) is 0 Å². The van der Waals surface area contributed by atoms with Gasteiger partial charge in [0.2, 0.25) is 0 Å². The lowest BCUT2D eigenvalue weighted by Gasteiger charge is -2.41. The summed E-state index contributed by atoms with van der Waals surface area (Å²) in [5.41, 5.74) is -0.208. The van der Waals surface area contributed by atoms with Crippen LogP contribution in [0.2, 0.25) is 0 Å². The van der Waals surface area contributed by atoms with Crippen molar-refractivity contribution in [1.82, 2.24) is 0 Å². The van der Waals surface area contributed by atoms with Crippen molar-refractivity contribution in [3.63, 3.8) is 0 Å². The Morgan fingerprint density at radius 3 is 2.62 bits per heavy atom. The number of fused-ring (bicyclic) bond motifs is 1. The molecule has 1 aliphatic heterocycles. The Kier molecular flexibility index (Phi) is 7.04. The predicted octanol–water partition coefficient (Wildman–Crippen LogP) is 2.36. The van der Waals surface area contributed by atoms with Gasteiger partial charge in [-0.2, -0.15) is 0 Å². The average Bonchev–Trinajstić information content (AvgIpc) is 2.52. The molecule has 0 amide bonds. The minimum Gasteiger partial charge on any atom is -0.463 e. The van der Waals surface area contributed by atoms with Crippen molar-refractivity contribution in [2.24, 2.45) is 5.92 Å². The molecule has 0 unspecified atom stereocenters. The lowest BCUT2D eigenvalue weighted by molar-refractivity contribution is -0.165. The highest BCUT2D eigenvalue weighted by Crippen LogP contribution is 2.39. The fourth-order valence-electron chi connectivity index (χ4n) is 3.70. The van der Waals surface area contributed by atoms with E-state index in [4.69, 9.17) is 14.2 Å². The molecule has 1 aliphatic carbocycles. The molecular formula is C18H30O6. The molecule has 0 aromatic heterocycles. The van der Waals surface area contributed by atoms with Crippen molar-refractivity contribution in [1.29, 1.82) is 0 Å². The molecule has 2 aliphatic rings. The maximum absolute atomic E-state index is 12.0. The summed E-state index contributed by atoms with van der Waals surface area (Å²) in [7, 11) is 0. The van der Waals surface area contributed by atoms with E-state index in [-0.39, 0.29) is 24.6 Å². The first-order valence-corrected chi connectivity index (χ1v) is 9.08. The molecule has 6 heteroatoms. The summed E-state index contributed by atoms with van der Waals surface area (Å²) in [4.78, 5) is 23.9. The zero-order chi connectivity index (χ0) is 17.6. The molecule has 4 atom stereocenters. The smallest absolute Gasteiger partial charge is 0.309 e. The Labute approximate surface area is 143 Å². The number of hydrogen-bond donors (Lipinski definition) is 1. The number of hydrogen-bond acceptors (Lipinski definition) is 6. The number of cyclic esters (lactones) is 2. The molecule has 24 heavy (non-hydrogen) atoms. The zero-order valence-electron chi connectivity index (χ0n) is 14.8. The molecule has 1 N–H and O–H groups in total. The molecule has 1 saturated carbocycles. The van der Waals surface area contributed by atoms with Crippen LogP contribution in [-0.4, -0.2) is 48.1 Å². The molecule has 2 rings (SSSR count). The van der Waals surface area contributed by atoms with Crippen LogP contribution < -0.4 is 0 Å². The highest BCUT2D eigenvalue weighted by atomic mass is 16.6. The van der Waals surface area contributed by atoms with E-state index in [1.54, 1.807) is 0 Å². The van der Waals surface area contributed by atoms with Crippen molar-refractivity contribution in [3.8, 4) is 0 Å². The van der Waals surface area contributed by atoms with Gasteiger partial charge in [-0.05, 0) is 45.4 Å². The summed E-state index contributed by atoms with van der Waals surface area (Å²) in [6, 6.07) is 0. The first-order chi connectivity index (χ1) is 11.4. The van der Waals surface area contributed by atoms with Crippen LogP contribution in [0.5, 0.6) is 0 Å². The highest BCUT2D eigenvalue weighted by molar-refractivity contribution is 5.72. The van der Waals surface area contributed by atoms with Crippen LogP contribution in [0.25, 0.3) is 0 Å².